The van der Waals surface area contributed by atoms with E-state index in [2.05, 4.69) is 10.1 Å². The zero-order chi connectivity index (χ0) is 27.0. The number of carbonyl (C=O) groups is 1. The molecule has 3 atom stereocenters. The lowest BCUT2D eigenvalue weighted by molar-refractivity contribution is 0.0781. The average Bonchev–Trinajstić information content (AvgIpc) is 3.71. The van der Waals surface area contributed by atoms with Gasteiger partial charge in [0.05, 0.1) is 5.51 Å². The Bertz CT molecular complexity index is 1370. The lowest BCUT2D eigenvalue weighted by Crippen LogP contribution is -2.48. The molecule has 2 saturated heterocycles. The highest BCUT2D eigenvalue weighted by Gasteiger charge is 2.49. The van der Waals surface area contributed by atoms with E-state index < -0.39 is 34.3 Å². The largest absolute Gasteiger partial charge is 0.377 e. The van der Waals surface area contributed by atoms with Gasteiger partial charge < -0.3 is 15.7 Å². The molecular formula is C24H32N8O4S2. The van der Waals surface area contributed by atoms with E-state index in [1.54, 1.807) is 17.8 Å². The number of nitrogens with two attached hydrogens (primary N) is 1. The number of aliphatic hydroxyl groups is 1. The van der Waals surface area contributed by atoms with Gasteiger partial charge in [-0.1, -0.05) is 24.3 Å². The Morgan fingerprint density at radius 2 is 1.89 bits per heavy atom. The second kappa shape index (κ2) is 10.8. The maximum Gasteiger partial charge on any atom is 0.300 e. The van der Waals surface area contributed by atoms with Crippen molar-refractivity contribution in [2.75, 3.05) is 25.0 Å². The number of benzene rings is 1. The van der Waals surface area contributed by atoms with Crippen molar-refractivity contribution in [3.05, 3.63) is 57.8 Å². The van der Waals surface area contributed by atoms with E-state index in [9.17, 15) is 18.3 Å². The third kappa shape index (κ3) is 4.99. The highest BCUT2D eigenvalue weighted by atomic mass is 32.2. The van der Waals surface area contributed by atoms with Crippen LogP contribution in [0.3, 0.4) is 0 Å². The van der Waals surface area contributed by atoms with Crippen LogP contribution in [0.2, 0.25) is 0 Å². The fraction of sp³-hybridized carbons (Fsp3) is 0.500. The van der Waals surface area contributed by atoms with Gasteiger partial charge in [0, 0.05) is 50.6 Å². The van der Waals surface area contributed by atoms with Crippen LogP contribution < -0.4 is 10.6 Å². The van der Waals surface area contributed by atoms with E-state index in [-0.39, 0.29) is 12.1 Å². The van der Waals surface area contributed by atoms with Crippen molar-refractivity contribution in [3.63, 3.8) is 0 Å². The van der Waals surface area contributed by atoms with Gasteiger partial charge in [0.25, 0.3) is 10.2 Å². The monoisotopic (exact) mass is 560 g/mol. The van der Waals surface area contributed by atoms with Gasteiger partial charge in [-0.05, 0) is 37.3 Å². The lowest BCUT2D eigenvalue weighted by atomic mass is 10.0. The molecule has 2 aliphatic heterocycles. The van der Waals surface area contributed by atoms with Gasteiger partial charge >= 0.3 is 5.91 Å². The van der Waals surface area contributed by atoms with Crippen LogP contribution in [0.15, 0.2) is 35.2 Å². The summed E-state index contributed by atoms with van der Waals surface area (Å²) in [6.45, 7) is 3.54. The van der Waals surface area contributed by atoms with E-state index in [0.29, 0.717) is 38.0 Å². The first kappa shape index (κ1) is 26.8. The normalized spacial score (nSPS) is 22.8. The maximum absolute atomic E-state index is 13.3. The number of aliphatic hydroxyl groups excluding tert-OH is 1. The molecule has 0 bridgehead atoms. The Hall–Kier alpha value is -2.75. The smallest absolute Gasteiger partial charge is 0.300 e. The van der Waals surface area contributed by atoms with Crippen molar-refractivity contribution < 1.29 is 18.3 Å². The van der Waals surface area contributed by atoms with Crippen molar-refractivity contribution in [1.82, 2.24) is 28.4 Å². The number of hydrogen-bond acceptors (Lipinski definition) is 10. The third-order valence-electron chi connectivity index (χ3n) is 7.20. The van der Waals surface area contributed by atoms with Crippen LogP contribution in [0.4, 0.5) is 5.95 Å². The van der Waals surface area contributed by atoms with E-state index in [4.69, 9.17) is 10.7 Å². The molecule has 1 aromatic carbocycles. The van der Waals surface area contributed by atoms with Gasteiger partial charge in [-0.3, -0.25) is 4.79 Å². The van der Waals surface area contributed by atoms with Gasteiger partial charge in [0.1, 0.15) is 11.9 Å². The Balaban J connectivity index is 1.46. The van der Waals surface area contributed by atoms with Gasteiger partial charge in [0.15, 0.2) is 5.82 Å². The van der Waals surface area contributed by atoms with Gasteiger partial charge in [-0.2, -0.15) is 26.7 Å². The van der Waals surface area contributed by atoms with Crippen LogP contribution in [0, 0.1) is 0 Å². The Kier molecular flexibility index (Phi) is 7.62. The van der Waals surface area contributed by atoms with Crippen LogP contribution in [-0.4, -0.2) is 80.2 Å². The maximum atomic E-state index is 13.3. The zero-order valence-corrected chi connectivity index (χ0v) is 23.0. The van der Waals surface area contributed by atoms with Crippen LogP contribution >= 0.6 is 11.3 Å². The molecule has 12 nitrogen and oxygen atoms in total. The Morgan fingerprint density at radius 1 is 1.21 bits per heavy atom. The molecule has 3 N–H and O–H groups in total. The molecule has 3 unspecified atom stereocenters. The molecule has 14 heteroatoms. The van der Waals surface area contributed by atoms with Crippen LogP contribution in [0.25, 0.3) is 0 Å². The minimum atomic E-state index is -3.84. The molecule has 3 aromatic rings. The summed E-state index contributed by atoms with van der Waals surface area (Å²) in [4.78, 5) is 24.0. The van der Waals surface area contributed by atoms with E-state index in [1.165, 1.54) is 20.3 Å². The summed E-state index contributed by atoms with van der Waals surface area (Å²) < 4.78 is 30.4. The van der Waals surface area contributed by atoms with Crippen molar-refractivity contribution >= 4 is 33.4 Å². The summed E-state index contributed by atoms with van der Waals surface area (Å²) in [5.74, 6) is -0.316. The Labute approximate surface area is 225 Å². The highest BCUT2D eigenvalue weighted by Crippen LogP contribution is 2.39. The highest BCUT2D eigenvalue weighted by molar-refractivity contribution is 7.86. The topological polar surface area (TPSA) is 151 Å². The quantitative estimate of drug-likeness (QED) is 0.416. The average molecular weight is 561 g/mol. The van der Waals surface area contributed by atoms with Crippen molar-refractivity contribution in [3.8, 4) is 0 Å². The molecule has 204 valence electrons. The molecule has 38 heavy (non-hydrogen) atoms. The number of aromatic nitrogens is 4. The number of anilines is 1. The number of rotatable bonds is 8. The molecule has 2 aromatic heterocycles. The molecular weight excluding hydrogens is 528 g/mol. The lowest BCUT2D eigenvalue weighted by Gasteiger charge is -2.29. The first-order chi connectivity index (χ1) is 18.2. The van der Waals surface area contributed by atoms with Gasteiger partial charge in [-0.15, -0.1) is 16.4 Å². The minimum absolute atomic E-state index is 0.132. The molecule has 2 aliphatic rings. The van der Waals surface area contributed by atoms with E-state index in [1.807, 2.05) is 36.2 Å². The van der Waals surface area contributed by atoms with Crippen LogP contribution in [-0.2, 0) is 23.3 Å². The molecule has 5 rings (SSSR count). The van der Waals surface area contributed by atoms with Gasteiger partial charge in [0.2, 0.25) is 5.95 Å². The minimum Gasteiger partial charge on any atom is -0.377 e. The second-order valence-corrected chi connectivity index (χ2v) is 12.3. The number of nitrogens with zero attached hydrogens (tertiary/aromatic N) is 7. The Morgan fingerprint density at radius 3 is 2.53 bits per heavy atom. The van der Waals surface area contributed by atoms with Crippen LogP contribution in [0.5, 0.6) is 0 Å². The summed E-state index contributed by atoms with van der Waals surface area (Å²) in [5, 5.41) is 17.0. The summed E-state index contributed by atoms with van der Waals surface area (Å²) in [6.07, 6.45) is 0.531. The van der Waals surface area contributed by atoms with E-state index >= 15 is 0 Å². The predicted octanol–water partition coefficient (Wildman–Crippen LogP) is 1.36. The molecule has 4 heterocycles. The predicted molar refractivity (Wildman–Crippen MR) is 143 cm³/mol. The zero-order valence-electron chi connectivity index (χ0n) is 21.3. The standard InChI is InChI=1S/C24H32N8O4S2/c1-16-19(11-21(33)32(16)38(35,36)30-9-3-4-10-30)22-27-24(31(28-22)23(34)20-14-37-15-26-20)29(2)13-18-7-5-17(12-25)6-8-18/h5-8,14-16,19,21,33H,3-4,9-13,25H2,1-2H3. The second-order valence-electron chi connectivity index (χ2n) is 9.74. The molecule has 0 aliphatic carbocycles. The fourth-order valence-corrected chi connectivity index (χ4v) is 7.60. The third-order valence-corrected chi connectivity index (χ3v) is 9.91. The molecule has 0 amide bonds. The van der Waals surface area contributed by atoms with Crippen molar-refractivity contribution in [2.45, 2.75) is 57.5 Å². The summed E-state index contributed by atoms with van der Waals surface area (Å²) in [7, 11) is -2.02. The summed E-state index contributed by atoms with van der Waals surface area (Å²) in [5.41, 5.74) is 9.54. The molecule has 2 fully saturated rings. The van der Waals surface area contributed by atoms with Crippen molar-refractivity contribution in [2.24, 2.45) is 5.73 Å². The molecule has 0 saturated carbocycles. The number of thiazole rings is 1. The number of carbonyl (C=O) groups excluding carboxylic acids is 1. The van der Waals surface area contributed by atoms with E-state index in [0.717, 1.165) is 28.3 Å². The van der Waals surface area contributed by atoms with Crippen LogP contribution in [0.1, 0.15) is 59.5 Å². The SMILES string of the molecule is CC1C(c2nc(N(C)Cc3ccc(CN)cc3)n(C(=O)c3cscn3)n2)CC(O)N1S(=O)(=O)N1CCCC1. The number of hydrogen-bond donors (Lipinski definition) is 2. The first-order valence-corrected chi connectivity index (χ1v) is 14.9. The summed E-state index contributed by atoms with van der Waals surface area (Å²) >= 11 is 1.30. The first-order valence-electron chi connectivity index (χ1n) is 12.6. The fourth-order valence-electron chi connectivity index (χ4n) is 5.13. The molecule has 0 spiro atoms. The molecule has 0 radical (unpaired) electrons. The summed E-state index contributed by atoms with van der Waals surface area (Å²) in [6, 6.07) is 7.26. The van der Waals surface area contributed by atoms with Crippen molar-refractivity contribution in [1.29, 1.82) is 0 Å². The van der Waals surface area contributed by atoms with Gasteiger partial charge in [-0.25, -0.2) is 4.98 Å².